The Morgan fingerprint density at radius 3 is 2.60 bits per heavy atom. The molecule has 0 atom stereocenters. The summed E-state index contributed by atoms with van der Waals surface area (Å²) in [5, 5.41) is 3.39. The number of aryl methyl sites for hydroxylation is 2. The van der Waals surface area contributed by atoms with Gasteiger partial charge in [-0.1, -0.05) is 6.07 Å². The molecule has 0 unspecified atom stereocenters. The lowest BCUT2D eigenvalue weighted by Crippen LogP contribution is -2.43. The van der Waals surface area contributed by atoms with Crippen LogP contribution >= 0.6 is 24.8 Å². The number of rotatable bonds is 2. The molecule has 1 saturated heterocycles. The van der Waals surface area contributed by atoms with Crippen LogP contribution in [0.3, 0.4) is 0 Å². The Labute approximate surface area is 132 Å². The van der Waals surface area contributed by atoms with Crippen LogP contribution in [0.2, 0.25) is 0 Å². The van der Waals surface area contributed by atoms with Gasteiger partial charge in [-0.25, -0.2) is 4.98 Å². The quantitative estimate of drug-likeness (QED) is 0.922. The van der Waals surface area contributed by atoms with Crippen molar-refractivity contribution >= 4 is 30.5 Å². The van der Waals surface area contributed by atoms with Crippen LogP contribution in [0.15, 0.2) is 18.3 Å². The molecule has 0 aromatic carbocycles. The van der Waals surface area contributed by atoms with Gasteiger partial charge in [0.2, 0.25) is 0 Å². The van der Waals surface area contributed by atoms with E-state index >= 15 is 0 Å². The summed E-state index contributed by atoms with van der Waals surface area (Å²) in [7, 11) is 0. The zero-order chi connectivity index (χ0) is 12.5. The molecule has 1 fully saturated rings. The van der Waals surface area contributed by atoms with Crippen LogP contribution in [-0.2, 0) is 6.54 Å². The van der Waals surface area contributed by atoms with Crippen molar-refractivity contribution in [2.24, 2.45) is 0 Å². The second kappa shape index (κ2) is 7.27. The van der Waals surface area contributed by atoms with Crippen LogP contribution in [0.4, 0.5) is 0 Å². The van der Waals surface area contributed by atoms with Crippen LogP contribution in [0, 0.1) is 13.8 Å². The van der Waals surface area contributed by atoms with Crippen molar-refractivity contribution in [3.63, 3.8) is 0 Å². The molecule has 3 heterocycles. The zero-order valence-corrected chi connectivity index (χ0v) is 13.6. The largest absolute Gasteiger partial charge is 0.314 e. The van der Waals surface area contributed by atoms with E-state index in [2.05, 4.69) is 46.8 Å². The minimum Gasteiger partial charge on any atom is -0.314 e. The molecule has 20 heavy (non-hydrogen) atoms. The van der Waals surface area contributed by atoms with Gasteiger partial charge in [0, 0.05) is 38.9 Å². The van der Waals surface area contributed by atoms with Gasteiger partial charge in [-0.2, -0.15) is 0 Å². The number of hydrogen-bond donors (Lipinski definition) is 1. The lowest BCUT2D eigenvalue weighted by atomic mass is 10.2. The zero-order valence-electron chi connectivity index (χ0n) is 11.9. The van der Waals surface area contributed by atoms with Crippen molar-refractivity contribution in [1.82, 2.24) is 19.6 Å². The van der Waals surface area contributed by atoms with Gasteiger partial charge in [0.15, 0.2) is 0 Å². The molecule has 4 nitrogen and oxygen atoms in total. The third-order valence-corrected chi connectivity index (χ3v) is 3.73. The van der Waals surface area contributed by atoms with E-state index in [0.717, 1.165) is 44.1 Å². The smallest absolute Gasteiger partial charge is 0.140 e. The summed E-state index contributed by atoms with van der Waals surface area (Å²) >= 11 is 0. The maximum Gasteiger partial charge on any atom is 0.140 e. The van der Waals surface area contributed by atoms with E-state index in [4.69, 9.17) is 4.98 Å². The Hall–Kier alpha value is -0.810. The number of pyridine rings is 1. The molecule has 6 heteroatoms. The first-order valence-corrected chi connectivity index (χ1v) is 6.62. The summed E-state index contributed by atoms with van der Waals surface area (Å²) < 4.78 is 2.24. The Morgan fingerprint density at radius 2 is 1.90 bits per heavy atom. The van der Waals surface area contributed by atoms with Crippen molar-refractivity contribution in [2.45, 2.75) is 20.4 Å². The molecule has 0 radical (unpaired) electrons. The van der Waals surface area contributed by atoms with E-state index in [1.807, 2.05) is 0 Å². The second-order valence-corrected chi connectivity index (χ2v) is 5.05. The van der Waals surface area contributed by atoms with Crippen molar-refractivity contribution < 1.29 is 0 Å². The third-order valence-electron chi connectivity index (χ3n) is 3.73. The molecule has 1 aliphatic heterocycles. The van der Waals surface area contributed by atoms with Crippen molar-refractivity contribution in [3.05, 3.63) is 35.3 Å². The average molecular weight is 317 g/mol. The minimum atomic E-state index is 0. The molecule has 0 amide bonds. The fourth-order valence-corrected chi connectivity index (χ4v) is 2.64. The first-order chi connectivity index (χ1) is 8.75. The molecule has 3 rings (SSSR count). The van der Waals surface area contributed by atoms with Gasteiger partial charge in [-0.05, 0) is 25.5 Å². The Kier molecular flexibility index (Phi) is 6.27. The van der Waals surface area contributed by atoms with E-state index in [0.29, 0.717) is 0 Å². The average Bonchev–Trinajstić information content (AvgIpc) is 2.70. The van der Waals surface area contributed by atoms with Gasteiger partial charge in [-0.3, -0.25) is 4.90 Å². The molecular formula is C14H22Cl2N4. The SMILES string of the molecule is Cc1nc2c(C)cccn2c1CN1CCNCC1.Cl.Cl. The highest BCUT2D eigenvalue weighted by molar-refractivity contribution is 5.85. The fraction of sp³-hybridized carbons (Fsp3) is 0.500. The Balaban J connectivity index is 0.000001000. The summed E-state index contributed by atoms with van der Waals surface area (Å²) in [4.78, 5) is 7.19. The highest BCUT2D eigenvalue weighted by atomic mass is 35.5. The topological polar surface area (TPSA) is 32.6 Å². The van der Waals surface area contributed by atoms with E-state index in [1.54, 1.807) is 0 Å². The van der Waals surface area contributed by atoms with Gasteiger partial charge in [-0.15, -0.1) is 24.8 Å². The van der Waals surface area contributed by atoms with Gasteiger partial charge in [0.05, 0.1) is 11.4 Å². The van der Waals surface area contributed by atoms with Gasteiger partial charge in [0.1, 0.15) is 5.65 Å². The number of nitrogens with zero attached hydrogens (tertiary/aromatic N) is 3. The standard InChI is InChI=1S/C14H20N4.2ClH/c1-11-4-3-7-18-13(12(2)16-14(11)18)10-17-8-5-15-6-9-17;;/h3-4,7,15H,5-6,8-10H2,1-2H3;2*1H. The fourth-order valence-electron chi connectivity index (χ4n) is 2.64. The number of piperazine rings is 1. The van der Waals surface area contributed by atoms with Crippen molar-refractivity contribution in [1.29, 1.82) is 0 Å². The normalized spacial score (nSPS) is 15.7. The maximum absolute atomic E-state index is 4.70. The molecule has 0 spiro atoms. The number of imidazole rings is 1. The highest BCUT2D eigenvalue weighted by Gasteiger charge is 2.15. The summed E-state index contributed by atoms with van der Waals surface area (Å²) in [6, 6.07) is 4.22. The summed E-state index contributed by atoms with van der Waals surface area (Å²) in [6.07, 6.45) is 2.12. The van der Waals surface area contributed by atoms with Crippen LogP contribution in [0.5, 0.6) is 0 Å². The van der Waals surface area contributed by atoms with Crippen LogP contribution in [0.25, 0.3) is 5.65 Å². The predicted octanol–water partition coefficient (Wildman–Crippen LogP) is 2.20. The van der Waals surface area contributed by atoms with E-state index in [1.165, 1.54) is 11.3 Å². The molecular weight excluding hydrogens is 295 g/mol. The van der Waals surface area contributed by atoms with E-state index in [9.17, 15) is 0 Å². The van der Waals surface area contributed by atoms with E-state index < -0.39 is 0 Å². The van der Waals surface area contributed by atoms with Crippen molar-refractivity contribution in [2.75, 3.05) is 26.2 Å². The molecule has 112 valence electrons. The molecule has 0 saturated carbocycles. The summed E-state index contributed by atoms with van der Waals surface area (Å²) in [6.45, 7) is 9.67. The lowest BCUT2D eigenvalue weighted by Gasteiger charge is -2.27. The number of hydrogen-bond acceptors (Lipinski definition) is 3. The monoisotopic (exact) mass is 316 g/mol. The number of aromatic nitrogens is 2. The first kappa shape index (κ1) is 17.2. The van der Waals surface area contributed by atoms with Crippen LogP contribution in [0.1, 0.15) is 17.0 Å². The third kappa shape index (κ3) is 3.26. The van der Waals surface area contributed by atoms with Gasteiger partial charge in [0.25, 0.3) is 0 Å². The van der Waals surface area contributed by atoms with Crippen molar-refractivity contribution in [3.8, 4) is 0 Å². The molecule has 2 aromatic rings. The van der Waals surface area contributed by atoms with Crippen LogP contribution in [-0.4, -0.2) is 40.5 Å². The maximum atomic E-state index is 4.70. The van der Waals surface area contributed by atoms with Gasteiger partial charge >= 0.3 is 0 Å². The summed E-state index contributed by atoms with van der Waals surface area (Å²) in [5.41, 5.74) is 4.82. The highest BCUT2D eigenvalue weighted by Crippen LogP contribution is 2.17. The Morgan fingerprint density at radius 1 is 1.20 bits per heavy atom. The van der Waals surface area contributed by atoms with Crippen LogP contribution < -0.4 is 5.32 Å². The van der Waals surface area contributed by atoms with E-state index in [-0.39, 0.29) is 24.8 Å². The lowest BCUT2D eigenvalue weighted by molar-refractivity contribution is 0.230. The molecule has 1 N–H and O–H groups in total. The minimum absolute atomic E-state index is 0. The predicted molar refractivity (Wildman–Crippen MR) is 87.3 cm³/mol. The molecule has 0 bridgehead atoms. The number of halogens is 2. The first-order valence-electron chi connectivity index (χ1n) is 6.62. The van der Waals surface area contributed by atoms with Gasteiger partial charge < -0.3 is 9.72 Å². The number of fused-ring (bicyclic) bond motifs is 1. The second-order valence-electron chi connectivity index (χ2n) is 5.05. The molecule has 2 aromatic heterocycles. The summed E-state index contributed by atoms with van der Waals surface area (Å²) in [5.74, 6) is 0. The number of nitrogens with one attached hydrogen (secondary N) is 1. The molecule has 1 aliphatic rings. The molecule has 0 aliphatic carbocycles. The Bertz CT molecular complexity index is 562.